The molecular formula is C7H13FN2O2S. The Morgan fingerprint density at radius 3 is 2.08 bits per heavy atom. The maximum absolute atomic E-state index is 12.5. The summed E-state index contributed by atoms with van der Waals surface area (Å²) in [6.07, 6.45) is 1.56. The summed E-state index contributed by atoms with van der Waals surface area (Å²) < 4.78 is 34.6. The van der Waals surface area contributed by atoms with Crippen LogP contribution in [0.5, 0.6) is 0 Å². The Labute approximate surface area is 77.4 Å². The van der Waals surface area contributed by atoms with Gasteiger partial charge in [-0.3, -0.25) is 0 Å². The van der Waals surface area contributed by atoms with E-state index in [2.05, 4.69) is 5.32 Å². The Morgan fingerprint density at radius 1 is 1.23 bits per heavy atom. The largest absolute Gasteiger partial charge is 0.374 e. The fourth-order valence-electron chi connectivity index (χ4n) is 2.01. The zero-order valence-corrected chi connectivity index (χ0v) is 8.11. The molecule has 2 fully saturated rings. The summed E-state index contributed by atoms with van der Waals surface area (Å²) in [5, 5.41) is 3.16. The van der Waals surface area contributed by atoms with Gasteiger partial charge in [0.2, 0.25) is 0 Å². The van der Waals surface area contributed by atoms with Crippen LogP contribution in [-0.2, 0) is 10.4 Å². The summed E-state index contributed by atoms with van der Waals surface area (Å²) in [5.41, 5.74) is 0.265. The number of piperidine rings is 1. The summed E-state index contributed by atoms with van der Waals surface area (Å²) in [6, 6.07) is 0. The Morgan fingerprint density at radius 2 is 1.77 bits per heavy atom. The maximum Gasteiger partial charge on any atom is 0.374 e. The van der Waals surface area contributed by atoms with E-state index >= 15 is 0 Å². The molecule has 0 aromatic carbocycles. The van der Waals surface area contributed by atoms with E-state index in [1.165, 1.54) is 0 Å². The van der Waals surface area contributed by atoms with Crippen molar-refractivity contribution in [3.8, 4) is 0 Å². The van der Waals surface area contributed by atoms with Crippen LogP contribution >= 0.6 is 0 Å². The molecule has 0 atom stereocenters. The van der Waals surface area contributed by atoms with E-state index in [0.29, 0.717) is 13.1 Å². The van der Waals surface area contributed by atoms with Crippen LogP contribution in [-0.4, -0.2) is 38.9 Å². The maximum atomic E-state index is 12.5. The van der Waals surface area contributed by atoms with Gasteiger partial charge in [-0.15, -0.1) is 0 Å². The molecule has 2 rings (SSSR count). The van der Waals surface area contributed by atoms with Crippen LogP contribution in [0.3, 0.4) is 0 Å². The lowest BCUT2D eigenvalue weighted by molar-refractivity contribution is 0.0854. The van der Waals surface area contributed by atoms with Crippen molar-refractivity contribution in [2.75, 3.05) is 26.2 Å². The van der Waals surface area contributed by atoms with Crippen LogP contribution < -0.4 is 5.32 Å². The topological polar surface area (TPSA) is 49.4 Å². The van der Waals surface area contributed by atoms with Crippen molar-refractivity contribution < 1.29 is 12.3 Å². The lowest BCUT2D eigenvalue weighted by atomic mass is 9.74. The second-order valence-corrected chi connectivity index (χ2v) is 5.29. The molecule has 6 heteroatoms. The first-order valence-corrected chi connectivity index (χ1v) is 5.76. The molecule has 0 bridgehead atoms. The van der Waals surface area contributed by atoms with Crippen LogP contribution in [0.1, 0.15) is 12.8 Å². The molecule has 2 aliphatic heterocycles. The van der Waals surface area contributed by atoms with E-state index in [1.54, 1.807) is 0 Å². The molecule has 0 unspecified atom stereocenters. The van der Waals surface area contributed by atoms with Gasteiger partial charge in [0.05, 0.1) is 0 Å². The average molecular weight is 208 g/mol. The minimum Gasteiger partial charge on any atom is -0.316 e. The van der Waals surface area contributed by atoms with E-state index in [1.807, 2.05) is 0 Å². The highest BCUT2D eigenvalue weighted by atomic mass is 32.3. The summed E-state index contributed by atoms with van der Waals surface area (Å²) in [5.74, 6) is 0. The van der Waals surface area contributed by atoms with Gasteiger partial charge in [-0.2, -0.15) is 12.7 Å². The number of hydrogen-bond acceptors (Lipinski definition) is 3. The van der Waals surface area contributed by atoms with Gasteiger partial charge in [0.1, 0.15) is 0 Å². The van der Waals surface area contributed by atoms with E-state index in [9.17, 15) is 12.3 Å². The molecular weight excluding hydrogens is 195 g/mol. The number of halogens is 1. The number of nitrogens with one attached hydrogen (secondary N) is 1. The van der Waals surface area contributed by atoms with Gasteiger partial charge in [-0.25, -0.2) is 0 Å². The van der Waals surface area contributed by atoms with Crippen LogP contribution in [0.4, 0.5) is 3.89 Å². The van der Waals surface area contributed by atoms with E-state index in [0.717, 1.165) is 30.2 Å². The first-order chi connectivity index (χ1) is 6.02. The van der Waals surface area contributed by atoms with Crippen molar-refractivity contribution >= 4 is 10.4 Å². The van der Waals surface area contributed by atoms with Gasteiger partial charge in [0.15, 0.2) is 0 Å². The second-order valence-electron chi connectivity index (χ2n) is 3.94. The first-order valence-electron chi connectivity index (χ1n) is 4.42. The monoisotopic (exact) mass is 208 g/mol. The van der Waals surface area contributed by atoms with Crippen molar-refractivity contribution in [2.45, 2.75) is 12.8 Å². The van der Waals surface area contributed by atoms with Gasteiger partial charge in [0.25, 0.3) is 0 Å². The molecule has 0 saturated carbocycles. The predicted octanol–water partition coefficient (Wildman–Crippen LogP) is -0.114. The molecule has 1 spiro atoms. The Bertz CT molecular complexity index is 290. The molecule has 4 nitrogen and oxygen atoms in total. The van der Waals surface area contributed by atoms with Crippen molar-refractivity contribution in [1.29, 1.82) is 0 Å². The summed E-state index contributed by atoms with van der Waals surface area (Å²) >= 11 is 0. The normalized spacial score (nSPS) is 28.7. The summed E-state index contributed by atoms with van der Waals surface area (Å²) in [6.45, 7) is 2.57. The Hall–Kier alpha value is -0.200. The SMILES string of the molecule is O=S(=O)(F)N1CCC2(CC1)CNC2. The van der Waals surface area contributed by atoms with E-state index in [4.69, 9.17) is 0 Å². The summed E-state index contributed by atoms with van der Waals surface area (Å²) in [7, 11) is -4.45. The van der Waals surface area contributed by atoms with Crippen LogP contribution in [0.15, 0.2) is 0 Å². The molecule has 0 aromatic rings. The zero-order chi connectivity index (χ0) is 9.53. The van der Waals surface area contributed by atoms with Gasteiger partial charge in [-0.05, 0) is 18.3 Å². The van der Waals surface area contributed by atoms with Gasteiger partial charge in [0, 0.05) is 26.2 Å². The molecule has 0 amide bonds. The molecule has 0 radical (unpaired) electrons. The molecule has 0 aliphatic carbocycles. The average Bonchev–Trinajstić information content (AvgIpc) is 2.00. The molecule has 13 heavy (non-hydrogen) atoms. The molecule has 76 valence electrons. The molecule has 0 aromatic heterocycles. The van der Waals surface area contributed by atoms with Gasteiger partial charge >= 0.3 is 10.4 Å². The number of hydrogen-bond donors (Lipinski definition) is 1. The minimum absolute atomic E-state index is 0.265. The highest BCUT2D eigenvalue weighted by molar-refractivity contribution is 7.83. The molecule has 2 saturated heterocycles. The van der Waals surface area contributed by atoms with Gasteiger partial charge in [-0.1, -0.05) is 3.89 Å². The summed E-state index contributed by atoms with van der Waals surface area (Å²) in [4.78, 5) is 0. The van der Waals surface area contributed by atoms with Crippen LogP contribution in [0, 0.1) is 5.41 Å². The Balaban J connectivity index is 1.96. The quantitative estimate of drug-likeness (QED) is 0.611. The van der Waals surface area contributed by atoms with E-state index in [-0.39, 0.29) is 5.41 Å². The third-order valence-corrected chi connectivity index (χ3v) is 4.07. The molecule has 1 N–H and O–H groups in total. The highest BCUT2D eigenvalue weighted by Crippen LogP contribution is 2.35. The lowest BCUT2D eigenvalue weighted by Crippen LogP contribution is -2.58. The Kier molecular flexibility index (Phi) is 2.08. The highest BCUT2D eigenvalue weighted by Gasteiger charge is 2.41. The standard InChI is InChI=1S/C7H13FN2O2S/c8-13(11,12)10-3-1-7(2-4-10)5-9-6-7/h9H,1-6H2. The first kappa shape index (κ1) is 9.36. The minimum atomic E-state index is -4.45. The second kappa shape index (κ2) is 2.90. The predicted molar refractivity (Wildman–Crippen MR) is 46.1 cm³/mol. The van der Waals surface area contributed by atoms with Crippen LogP contribution in [0.25, 0.3) is 0 Å². The third kappa shape index (κ3) is 1.70. The molecule has 2 heterocycles. The van der Waals surface area contributed by atoms with Crippen molar-refractivity contribution in [3.05, 3.63) is 0 Å². The van der Waals surface area contributed by atoms with Crippen molar-refractivity contribution in [3.63, 3.8) is 0 Å². The zero-order valence-electron chi connectivity index (χ0n) is 7.29. The van der Waals surface area contributed by atoms with Crippen molar-refractivity contribution in [1.82, 2.24) is 9.62 Å². The fraction of sp³-hybridized carbons (Fsp3) is 1.00. The van der Waals surface area contributed by atoms with Crippen molar-refractivity contribution in [2.24, 2.45) is 5.41 Å². The smallest absolute Gasteiger partial charge is 0.316 e. The lowest BCUT2D eigenvalue weighted by Gasteiger charge is -2.47. The molecule has 2 aliphatic rings. The number of nitrogens with zero attached hydrogens (tertiary/aromatic N) is 1. The van der Waals surface area contributed by atoms with E-state index < -0.39 is 10.4 Å². The van der Waals surface area contributed by atoms with Gasteiger partial charge < -0.3 is 5.32 Å². The third-order valence-electron chi connectivity index (χ3n) is 3.09. The fourth-order valence-corrected chi connectivity index (χ4v) is 2.63. The number of rotatable bonds is 1. The van der Waals surface area contributed by atoms with Crippen LogP contribution in [0.2, 0.25) is 0 Å².